The molecule has 0 spiro atoms. The largest absolute Gasteiger partial charge is 0.391 e. The summed E-state index contributed by atoms with van der Waals surface area (Å²) < 4.78 is 1.47. The Balaban J connectivity index is 1.53. The Morgan fingerprint density at radius 2 is 1.85 bits per heavy atom. The molecule has 0 bridgehead atoms. The number of nitrogens with zero attached hydrogens (tertiary/aromatic N) is 5. The molecule has 0 radical (unpaired) electrons. The number of rotatable bonds is 4. The zero-order valence-corrected chi connectivity index (χ0v) is 14.1. The van der Waals surface area contributed by atoms with Crippen LogP contribution in [-0.4, -0.2) is 55.3 Å². The number of aromatic nitrogens is 4. The number of aliphatic hydroxyl groups is 1. The zero-order valence-electron chi connectivity index (χ0n) is 14.1. The van der Waals surface area contributed by atoms with Crippen LogP contribution in [0.25, 0.3) is 5.69 Å². The summed E-state index contributed by atoms with van der Waals surface area (Å²) in [7, 11) is 0. The standard InChI is InChI=1S/C19H19N5O2/c25-18-12-23(11-15(18)10-14-6-2-1-3-7-14)19(26)16-8-4-5-9-17(16)24-13-20-21-22-24/h1-9,13,15,18,25H,10-12H2/t15-,18-/m1/s1. The molecule has 0 unspecified atom stereocenters. The van der Waals surface area contributed by atoms with E-state index < -0.39 is 6.10 Å². The Morgan fingerprint density at radius 1 is 1.08 bits per heavy atom. The molecule has 1 aliphatic rings. The van der Waals surface area contributed by atoms with E-state index in [-0.39, 0.29) is 11.8 Å². The summed E-state index contributed by atoms with van der Waals surface area (Å²) in [6, 6.07) is 17.3. The Kier molecular flexibility index (Phi) is 4.45. The average molecular weight is 349 g/mol. The molecule has 1 fully saturated rings. The molecule has 1 amide bonds. The smallest absolute Gasteiger partial charge is 0.256 e. The number of tetrazole rings is 1. The van der Waals surface area contributed by atoms with Crippen molar-refractivity contribution < 1.29 is 9.90 Å². The molecule has 7 heteroatoms. The molecule has 1 aromatic heterocycles. The second kappa shape index (κ2) is 7.05. The van der Waals surface area contributed by atoms with Gasteiger partial charge in [0.25, 0.3) is 5.91 Å². The molecule has 2 heterocycles. The van der Waals surface area contributed by atoms with Crippen molar-refractivity contribution in [2.45, 2.75) is 12.5 Å². The normalized spacial score (nSPS) is 19.7. The summed E-state index contributed by atoms with van der Waals surface area (Å²) in [4.78, 5) is 14.7. The molecule has 3 aromatic rings. The molecular formula is C19H19N5O2. The highest BCUT2D eigenvalue weighted by Gasteiger charge is 2.35. The number of benzene rings is 2. The Bertz CT molecular complexity index is 882. The summed E-state index contributed by atoms with van der Waals surface area (Å²) in [5.74, 6) is -0.0905. The van der Waals surface area contributed by atoms with E-state index in [1.165, 1.54) is 16.6 Å². The molecule has 26 heavy (non-hydrogen) atoms. The van der Waals surface area contributed by atoms with Crippen molar-refractivity contribution in [3.8, 4) is 5.69 Å². The maximum absolute atomic E-state index is 13.0. The Morgan fingerprint density at radius 3 is 2.62 bits per heavy atom. The van der Waals surface area contributed by atoms with Gasteiger partial charge in [-0.15, -0.1) is 5.10 Å². The highest BCUT2D eigenvalue weighted by atomic mass is 16.3. The topological polar surface area (TPSA) is 84.1 Å². The van der Waals surface area contributed by atoms with E-state index in [9.17, 15) is 9.90 Å². The SMILES string of the molecule is O=C(c1ccccc1-n1cnnn1)N1C[C@@H](Cc2ccccc2)[C@H](O)C1. The molecule has 0 aliphatic carbocycles. The number of β-amino-alcohol motifs (C(OH)–C–C–N with tert-alkyl or cyclic N) is 1. The summed E-state index contributed by atoms with van der Waals surface area (Å²) >= 11 is 0. The highest BCUT2D eigenvalue weighted by Crippen LogP contribution is 2.24. The van der Waals surface area contributed by atoms with Gasteiger partial charge in [-0.3, -0.25) is 4.79 Å². The molecule has 4 rings (SSSR count). The molecule has 0 saturated carbocycles. The van der Waals surface area contributed by atoms with Crippen molar-refractivity contribution in [1.82, 2.24) is 25.1 Å². The summed E-state index contributed by atoms with van der Waals surface area (Å²) in [5.41, 5.74) is 2.32. The maximum atomic E-state index is 13.0. The highest BCUT2D eigenvalue weighted by molar-refractivity contribution is 5.98. The number of para-hydroxylation sites is 1. The summed E-state index contributed by atoms with van der Waals surface area (Å²) in [6.45, 7) is 0.860. The van der Waals surface area contributed by atoms with Crippen LogP contribution in [0.4, 0.5) is 0 Å². The lowest BCUT2D eigenvalue weighted by Crippen LogP contribution is -2.30. The second-order valence-electron chi connectivity index (χ2n) is 6.50. The number of likely N-dealkylation sites (tertiary alicyclic amines) is 1. The quantitative estimate of drug-likeness (QED) is 0.768. The van der Waals surface area contributed by atoms with E-state index in [1.807, 2.05) is 42.5 Å². The van der Waals surface area contributed by atoms with Crippen molar-refractivity contribution in [2.24, 2.45) is 5.92 Å². The lowest BCUT2D eigenvalue weighted by Gasteiger charge is -2.18. The van der Waals surface area contributed by atoms with Crippen molar-refractivity contribution in [2.75, 3.05) is 13.1 Å². The van der Waals surface area contributed by atoms with Gasteiger partial charge in [0.15, 0.2) is 0 Å². The third-order valence-electron chi connectivity index (χ3n) is 4.76. The second-order valence-corrected chi connectivity index (χ2v) is 6.50. The van der Waals surface area contributed by atoms with Crippen LogP contribution < -0.4 is 0 Å². The van der Waals surface area contributed by atoms with Crippen LogP contribution in [0, 0.1) is 5.92 Å². The first kappa shape index (κ1) is 16.4. The van der Waals surface area contributed by atoms with Crippen molar-refractivity contribution in [3.63, 3.8) is 0 Å². The lowest BCUT2D eigenvalue weighted by atomic mass is 9.97. The lowest BCUT2D eigenvalue weighted by molar-refractivity contribution is 0.0764. The van der Waals surface area contributed by atoms with E-state index in [0.717, 1.165) is 6.42 Å². The third-order valence-corrected chi connectivity index (χ3v) is 4.76. The Hall–Kier alpha value is -3.06. The van der Waals surface area contributed by atoms with Gasteiger partial charge in [-0.25, -0.2) is 0 Å². The molecular weight excluding hydrogens is 330 g/mol. The van der Waals surface area contributed by atoms with Gasteiger partial charge in [-0.05, 0) is 34.5 Å². The number of hydrogen-bond acceptors (Lipinski definition) is 5. The number of aliphatic hydroxyl groups excluding tert-OH is 1. The number of hydrogen-bond donors (Lipinski definition) is 1. The first-order valence-corrected chi connectivity index (χ1v) is 8.56. The molecule has 1 N–H and O–H groups in total. The predicted molar refractivity (Wildman–Crippen MR) is 94.7 cm³/mol. The number of amides is 1. The summed E-state index contributed by atoms with van der Waals surface area (Å²) in [5, 5.41) is 21.6. The van der Waals surface area contributed by atoms with E-state index in [2.05, 4.69) is 15.5 Å². The van der Waals surface area contributed by atoms with Crippen molar-refractivity contribution >= 4 is 5.91 Å². The van der Waals surface area contributed by atoms with Crippen LogP contribution in [-0.2, 0) is 6.42 Å². The number of carbonyl (C=O) groups excluding carboxylic acids is 1. The van der Waals surface area contributed by atoms with Gasteiger partial charge in [0.05, 0.1) is 17.4 Å². The van der Waals surface area contributed by atoms with Crippen LogP contribution in [0.5, 0.6) is 0 Å². The van der Waals surface area contributed by atoms with Gasteiger partial charge in [0.1, 0.15) is 6.33 Å². The van der Waals surface area contributed by atoms with Crippen LogP contribution in [0.15, 0.2) is 60.9 Å². The van der Waals surface area contributed by atoms with E-state index in [4.69, 9.17) is 0 Å². The first-order chi connectivity index (χ1) is 12.7. The van der Waals surface area contributed by atoms with Gasteiger partial charge < -0.3 is 10.0 Å². The molecule has 132 valence electrons. The van der Waals surface area contributed by atoms with Gasteiger partial charge in [0.2, 0.25) is 0 Å². The Labute approximate surface area is 150 Å². The van der Waals surface area contributed by atoms with Crippen LogP contribution in [0.3, 0.4) is 0 Å². The fourth-order valence-electron chi connectivity index (χ4n) is 3.43. The minimum absolute atomic E-state index is 0.0292. The molecule has 1 aliphatic heterocycles. The zero-order chi connectivity index (χ0) is 17.9. The predicted octanol–water partition coefficient (Wildman–Crippen LogP) is 1.34. The van der Waals surface area contributed by atoms with Gasteiger partial charge in [-0.1, -0.05) is 42.5 Å². The number of carbonyl (C=O) groups is 1. The van der Waals surface area contributed by atoms with E-state index >= 15 is 0 Å². The average Bonchev–Trinajstić information content (AvgIpc) is 3.33. The molecule has 2 aromatic carbocycles. The monoisotopic (exact) mass is 349 g/mol. The van der Waals surface area contributed by atoms with Gasteiger partial charge in [-0.2, -0.15) is 4.68 Å². The first-order valence-electron chi connectivity index (χ1n) is 8.56. The molecule has 2 atom stereocenters. The molecule has 1 saturated heterocycles. The van der Waals surface area contributed by atoms with Crippen molar-refractivity contribution in [1.29, 1.82) is 0 Å². The summed E-state index contributed by atoms with van der Waals surface area (Å²) in [6.07, 6.45) is 1.68. The van der Waals surface area contributed by atoms with Crippen LogP contribution in [0.1, 0.15) is 15.9 Å². The van der Waals surface area contributed by atoms with E-state index in [1.54, 1.807) is 17.0 Å². The fourth-order valence-corrected chi connectivity index (χ4v) is 3.43. The minimum atomic E-state index is -0.528. The van der Waals surface area contributed by atoms with Crippen LogP contribution in [0.2, 0.25) is 0 Å². The minimum Gasteiger partial charge on any atom is -0.391 e. The fraction of sp³-hybridized carbons (Fsp3) is 0.263. The van der Waals surface area contributed by atoms with Gasteiger partial charge >= 0.3 is 0 Å². The van der Waals surface area contributed by atoms with Crippen LogP contribution >= 0.6 is 0 Å². The van der Waals surface area contributed by atoms with Gasteiger partial charge in [0, 0.05) is 19.0 Å². The molecule has 7 nitrogen and oxygen atoms in total. The maximum Gasteiger partial charge on any atom is 0.256 e. The third kappa shape index (κ3) is 3.21. The van der Waals surface area contributed by atoms with E-state index in [0.29, 0.717) is 24.3 Å². The van der Waals surface area contributed by atoms with Crippen molar-refractivity contribution in [3.05, 3.63) is 72.1 Å².